The Labute approximate surface area is 152 Å². The molecule has 26 heavy (non-hydrogen) atoms. The van der Waals surface area contributed by atoms with Gasteiger partial charge in [-0.15, -0.1) is 0 Å². The first-order valence-corrected chi connectivity index (χ1v) is 8.90. The second-order valence-electron chi connectivity index (χ2n) is 6.07. The minimum Gasteiger partial charge on any atom is -0.488 e. The monoisotopic (exact) mass is 363 g/mol. The summed E-state index contributed by atoms with van der Waals surface area (Å²) in [5.74, 6) is 0.968. The zero-order chi connectivity index (χ0) is 17.7. The zero-order valence-electron chi connectivity index (χ0n) is 13.8. The van der Waals surface area contributed by atoms with Crippen molar-refractivity contribution in [3.63, 3.8) is 0 Å². The highest BCUT2D eigenvalue weighted by Gasteiger charge is 2.29. The number of amides is 1. The van der Waals surface area contributed by atoms with Crippen LogP contribution in [0.15, 0.2) is 47.0 Å². The fourth-order valence-corrected chi connectivity index (χ4v) is 3.87. The number of hydrogen-bond donors (Lipinski definition) is 1. The van der Waals surface area contributed by atoms with E-state index >= 15 is 0 Å². The predicted molar refractivity (Wildman–Crippen MR) is 98.6 cm³/mol. The van der Waals surface area contributed by atoms with Gasteiger partial charge in [0.25, 0.3) is 5.91 Å². The van der Waals surface area contributed by atoms with Crippen molar-refractivity contribution < 1.29 is 14.1 Å². The van der Waals surface area contributed by atoms with E-state index < -0.39 is 0 Å². The Morgan fingerprint density at radius 3 is 3.00 bits per heavy atom. The van der Waals surface area contributed by atoms with Crippen molar-refractivity contribution in [2.45, 2.75) is 13.5 Å². The van der Waals surface area contributed by atoms with Gasteiger partial charge in [-0.25, -0.2) is 4.98 Å². The van der Waals surface area contributed by atoms with Gasteiger partial charge in [-0.05, 0) is 31.2 Å². The second-order valence-corrected chi connectivity index (χ2v) is 7.10. The number of carbonyl (C=O) groups excluding carboxylic acids is 1. The third kappa shape index (κ3) is 2.36. The quantitative estimate of drug-likeness (QED) is 0.571. The molecule has 0 unspecified atom stereocenters. The number of benzene rings is 2. The van der Waals surface area contributed by atoms with Gasteiger partial charge in [0.15, 0.2) is 16.6 Å². The molecule has 3 heterocycles. The molecule has 0 saturated carbocycles. The number of para-hydroxylation sites is 1. The first kappa shape index (κ1) is 15.1. The highest BCUT2D eigenvalue weighted by atomic mass is 32.1. The normalized spacial score (nSPS) is 12.3. The van der Waals surface area contributed by atoms with E-state index in [0.717, 1.165) is 27.1 Å². The Bertz CT molecular complexity index is 1130. The maximum atomic E-state index is 12.7. The Morgan fingerprint density at radius 2 is 2.12 bits per heavy atom. The fourth-order valence-electron chi connectivity index (χ4n) is 3.01. The van der Waals surface area contributed by atoms with Crippen LogP contribution in [0.4, 0.5) is 5.13 Å². The number of aromatic nitrogens is 2. The number of nitrogens with zero attached hydrogens (tertiary/aromatic N) is 2. The lowest BCUT2D eigenvalue weighted by Crippen LogP contribution is -2.16. The van der Waals surface area contributed by atoms with Gasteiger partial charge < -0.3 is 9.26 Å². The van der Waals surface area contributed by atoms with Gasteiger partial charge in [0.2, 0.25) is 0 Å². The molecule has 4 aromatic rings. The number of thiazole rings is 1. The molecule has 0 saturated heterocycles. The Balaban J connectivity index is 1.49. The van der Waals surface area contributed by atoms with Gasteiger partial charge in [0, 0.05) is 0 Å². The van der Waals surface area contributed by atoms with Crippen molar-refractivity contribution in [1.82, 2.24) is 10.1 Å². The molecule has 6 nitrogen and oxygen atoms in total. The summed E-state index contributed by atoms with van der Waals surface area (Å²) in [6, 6.07) is 13.6. The van der Waals surface area contributed by atoms with Gasteiger partial charge in [-0.3, -0.25) is 10.1 Å². The van der Waals surface area contributed by atoms with Crippen LogP contribution in [0.3, 0.4) is 0 Å². The largest absolute Gasteiger partial charge is 0.488 e. The highest BCUT2D eigenvalue weighted by molar-refractivity contribution is 7.22. The highest BCUT2D eigenvalue weighted by Crippen LogP contribution is 2.39. The van der Waals surface area contributed by atoms with Crippen LogP contribution >= 0.6 is 11.3 Å². The molecule has 0 spiro atoms. The number of anilines is 1. The molecule has 1 amide bonds. The van der Waals surface area contributed by atoms with Crippen molar-refractivity contribution >= 4 is 32.6 Å². The molecule has 0 atom stereocenters. The predicted octanol–water partition coefficient (Wildman–Crippen LogP) is 4.40. The third-order valence-electron chi connectivity index (χ3n) is 4.27. The number of ether oxygens (including phenoxy) is 1. The van der Waals surface area contributed by atoms with E-state index in [9.17, 15) is 4.79 Å². The SMILES string of the molecule is Cc1ccc2c(c1)-c1onc(C(=O)Nc3nc4ccccc4s3)c1CO2. The second kappa shape index (κ2) is 5.67. The minimum atomic E-state index is -0.353. The maximum Gasteiger partial charge on any atom is 0.280 e. The summed E-state index contributed by atoms with van der Waals surface area (Å²) in [5, 5.41) is 7.32. The molecule has 1 aliphatic rings. The minimum absolute atomic E-state index is 0.228. The summed E-state index contributed by atoms with van der Waals surface area (Å²) in [6.45, 7) is 2.24. The number of hydrogen-bond acceptors (Lipinski definition) is 6. The van der Waals surface area contributed by atoms with Crippen LogP contribution in [-0.2, 0) is 6.61 Å². The van der Waals surface area contributed by atoms with Gasteiger partial charge in [0.1, 0.15) is 12.4 Å². The van der Waals surface area contributed by atoms with Crippen LogP contribution in [0.1, 0.15) is 21.6 Å². The summed E-state index contributed by atoms with van der Waals surface area (Å²) < 4.78 is 12.2. The van der Waals surface area contributed by atoms with Gasteiger partial charge in [-0.1, -0.05) is 40.3 Å². The van der Waals surface area contributed by atoms with Crippen molar-refractivity contribution in [1.29, 1.82) is 0 Å². The lowest BCUT2D eigenvalue weighted by Gasteiger charge is -2.16. The van der Waals surface area contributed by atoms with Crippen LogP contribution in [0.2, 0.25) is 0 Å². The number of carbonyl (C=O) groups is 1. The molecule has 1 aliphatic heterocycles. The summed E-state index contributed by atoms with van der Waals surface area (Å²) in [7, 11) is 0. The lowest BCUT2D eigenvalue weighted by molar-refractivity contribution is 0.101. The Kier molecular flexibility index (Phi) is 3.29. The molecule has 0 bridgehead atoms. The van der Waals surface area contributed by atoms with Crippen LogP contribution in [0.5, 0.6) is 5.75 Å². The third-order valence-corrected chi connectivity index (χ3v) is 5.22. The van der Waals surface area contributed by atoms with Crippen molar-refractivity contribution in [3.05, 3.63) is 59.3 Å². The van der Waals surface area contributed by atoms with Crippen LogP contribution in [0.25, 0.3) is 21.5 Å². The number of rotatable bonds is 2. The topological polar surface area (TPSA) is 77.3 Å². The zero-order valence-corrected chi connectivity index (χ0v) is 14.6. The molecular weight excluding hydrogens is 350 g/mol. The van der Waals surface area contributed by atoms with Crippen molar-refractivity contribution in [3.8, 4) is 17.1 Å². The van der Waals surface area contributed by atoms with Crippen LogP contribution in [0, 0.1) is 6.92 Å². The summed E-state index contributed by atoms with van der Waals surface area (Å²) in [4.78, 5) is 17.1. The van der Waals surface area contributed by atoms with E-state index in [1.165, 1.54) is 11.3 Å². The van der Waals surface area contributed by atoms with Crippen molar-refractivity contribution in [2.24, 2.45) is 0 Å². The van der Waals surface area contributed by atoms with E-state index in [4.69, 9.17) is 9.26 Å². The molecule has 0 radical (unpaired) electrons. The number of nitrogens with one attached hydrogen (secondary N) is 1. The molecule has 0 aliphatic carbocycles. The molecule has 1 N–H and O–H groups in total. The average molecular weight is 363 g/mol. The molecule has 128 valence electrons. The lowest BCUT2D eigenvalue weighted by atomic mass is 10.0. The van der Waals surface area contributed by atoms with Crippen LogP contribution < -0.4 is 10.1 Å². The molecule has 2 aromatic carbocycles. The average Bonchev–Trinajstić information content (AvgIpc) is 3.24. The summed E-state index contributed by atoms with van der Waals surface area (Å²) >= 11 is 1.42. The van der Waals surface area contributed by atoms with Crippen LogP contribution in [-0.4, -0.2) is 16.0 Å². The van der Waals surface area contributed by atoms with E-state index in [1.54, 1.807) is 0 Å². The number of fused-ring (bicyclic) bond motifs is 4. The molecule has 0 fully saturated rings. The Morgan fingerprint density at radius 1 is 1.23 bits per heavy atom. The van der Waals surface area contributed by atoms with E-state index in [2.05, 4.69) is 15.5 Å². The number of aryl methyl sites for hydroxylation is 1. The van der Waals surface area contributed by atoms with Crippen molar-refractivity contribution in [2.75, 3.05) is 5.32 Å². The molecular formula is C19H13N3O3S. The molecule has 7 heteroatoms. The van der Waals surface area contributed by atoms with Gasteiger partial charge in [-0.2, -0.15) is 0 Å². The first-order chi connectivity index (χ1) is 12.7. The summed E-state index contributed by atoms with van der Waals surface area (Å²) in [6.07, 6.45) is 0. The fraction of sp³-hybridized carbons (Fsp3) is 0.105. The molecule has 5 rings (SSSR count). The van der Waals surface area contributed by atoms with Gasteiger partial charge >= 0.3 is 0 Å². The van der Waals surface area contributed by atoms with E-state index in [0.29, 0.717) is 16.5 Å². The molecule has 2 aromatic heterocycles. The smallest absolute Gasteiger partial charge is 0.280 e. The summed E-state index contributed by atoms with van der Waals surface area (Å²) in [5.41, 5.74) is 3.63. The maximum absolute atomic E-state index is 12.7. The van der Waals surface area contributed by atoms with E-state index in [-0.39, 0.29) is 18.2 Å². The Hall–Kier alpha value is -3.19. The standard InChI is InChI=1S/C19H13N3O3S/c1-10-6-7-14-11(8-10)17-12(9-24-14)16(22-25-17)18(23)21-19-20-13-4-2-3-5-15(13)26-19/h2-8H,9H2,1H3,(H,20,21,23). The van der Waals surface area contributed by atoms with E-state index in [1.807, 2.05) is 49.4 Å². The van der Waals surface area contributed by atoms with Gasteiger partial charge in [0.05, 0.1) is 21.3 Å². The first-order valence-electron chi connectivity index (χ1n) is 8.08.